The molecule has 0 atom stereocenters. The quantitative estimate of drug-likeness (QED) is 0.888. The molecule has 0 radical (unpaired) electrons. The van der Waals surface area contributed by atoms with Crippen molar-refractivity contribution in [3.05, 3.63) is 54.3 Å². The van der Waals surface area contributed by atoms with Crippen LogP contribution < -0.4 is 14.8 Å². The zero-order valence-corrected chi connectivity index (χ0v) is 13.1. The SMILES string of the molecule is COc1ccccc1NC(=O)N(C)CCOc1ccc(F)cc1. The lowest BCUT2D eigenvalue weighted by atomic mass is 10.3. The van der Waals surface area contributed by atoms with Crippen LogP contribution in [0.4, 0.5) is 14.9 Å². The molecule has 0 unspecified atom stereocenters. The second kappa shape index (κ2) is 8.03. The lowest BCUT2D eigenvalue weighted by molar-refractivity contribution is 0.207. The highest BCUT2D eigenvalue weighted by Gasteiger charge is 2.11. The lowest BCUT2D eigenvalue weighted by Gasteiger charge is -2.19. The van der Waals surface area contributed by atoms with Crippen LogP contribution in [0.2, 0.25) is 0 Å². The molecule has 0 bridgehead atoms. The number of benzene rings is 2. The monoisotopic (exact) mass is 318 g/mol. The maximum absolute atomic E-state index is 12.8. The fourth-order valence-corrected chi connectivity index (χ4v) is 1.89. The summed E-state index contributed by atoms with van der Waals surface area (Å²) in [6, 6.07) is 12.7. The highest BCUT2D eigenvalue weighted by Crippen LogP contribution is 2.23. The number of hydrogen-bond donors (Lipinski definition) is 1. The predicted molar refractivity (Wildman–Crippen MR) is 86.5 cm³/mol. The molecule has 0 saturated carbocycles. The molecule has 0 heterocycles. The van der Waals surface area contributed by atoms with Crippen LogP contribution in [0, 0.1) is 5.82 Å². The molecule has 0 aliphatic rings. The van der Waals surface area contributed by atoms with Crippen molar-refractivity contribution in [1.29, 1.82) is 0 Å². The minimum atomic E-state index is -0.314. The van der Waals surface area contributed by atoms with Gasteiger partial charge in [-0.25, -0.2) is 9.18 Å². The molecule has 6 heteroatoms. The van der Waals surface area contributed by atoms with Crippen LogP contribution in [0.3, 0.4) is 0 Å². The number of hydrogen-bond acceptors (Lipinski definition) is 3. The number of methoxy groups -OCH3 is 1. The summed E-state index contributed by atoms with van der Waals surface area (Å²) in [4.78, 5) is 13.6. The third-order valence-electron chi connectivity index (χ3n) is 3.20. The van der Waals surface area contributed by atoms with Crippen molar-refractivity contribution in [1.82, 2.24) is 4.90 Å². The van der Waals surface area contributed by atoms with Crippen molar-refractivity contribution in [2.24, 2.45) is 0 Å². The van der Waals surface area contributed by atoms with Gasteiger partial charge in [-0.05, 0) is 36.4 Å². The number of amides is 2. The Kier molecular flexibility index (Phi) is 5.80. The maximum Gasteiger partial charge on any atom is 0.321 e. The first-order valence-corrected chi connectivity index (χ1v) is 7.13. The molecule has 2 aromatic carbocycles. The van der Waals surface area contributed by atoms with Crippen LogP contribution in [0.5, 0.6) is 11.5 Å². The minimum Gasteiger partial charge on any atom is -0.495 e. The van der Waals surface area contributed by atoms with Crippen LogP contribution >= 0.6 is 0 Å². The zero-order valence-electron chi connectivity index (χ0n) is 13.1. The number of para-hydroxylation sites is 2. The van der Waals surface area contributed by atoms with E-state index in [1.54, 1.807) is 38.4 Å². The molecule has 2 aromatic rings. The second-order valence-electron chi connectivity index (χ2n) is 4.85. The summed E-state index contributed by atoms with van der Waals surface area (Å²) < 4.78 is 23.4. The summed E-state index contributed by atoms with van der Waals surface area (Å²) in [5, 5.41) is 2.77. The molecule has 0 fully saturated rings. The average molecular weight is 318 g/mol. The van der Waals surface area contributed by atoms with E-state index >= 15 is 0 Å². The zero-order chi connectivity index (χ0) is 16.7. The van der Waals surface area contributed by atoms with Crippen LogP contribution in [-0.2, 0) is 0 Å². The molecule has 0 spiro atoms. The van der Waals surface area contributed by atoms with Crippen LogP contribution in [0.15, 0.2) is 48.5 Å². The van der Waals surface area contributed by atoms with Gasteiger partial charge in [0.25, 0.3) is 0 Å². The van der Waals surface area contributed by atoms with E-state index in [-0.39, 0.29) is 11.8 Å². The molecule has 0 aliphatic heterocycles. The summed E-state index contributed by atoms with van der Waals surface area (Å²) >= 11 is 0. The summed E-state index contributed by atoms with van der Waals surface area (Å²) in [6.07, 6.45) is 0. The summed E-state index contributed by atoms with van der Waals surface area (Å²) in [6.45, 7) is 0.694. The van der Waals surface area contributed by atoms with E-state index in [9.17, 15) is 9.18 Å². The highest BCUT2D eigenvalue weighted by molar-refractivity contribution is 5.90. The number of halogens is 1. The van der Waals surface area contributed by atoms with Crippen molar-refractivity contribution in [3.8, 4) is 11.5 Å². The van der Waals surface area contributed by atoms with Crippen molar-refractivity contribution in [2.45, 2.75) is 0 Å². The van der Waals surface area contributed by atoms with Crippen LogP contribution in [-0.4, -0.2) is 38.2 Å². The summed E-state index contributed by atoms with van der Waals surface area (Å²) in [7, 11) is 3.21. The first-order chi connectivity index (χ1) is 11.1. The van der Waals surface area contributed by atoms with E-state index in [1.807, 2.05) is 12.1 Å². The number of rotatable bonds is 6. The number of anilines is 1. The Hall–Kier alpha value is -2.76. The van der Waals surface area contributed by atoms with Gasteiger partial charge in [0.1, 0.15) is 23.9 Å². The summed E-state index contributed by atoms with van der Waals surface area (Å²) in [5.41, 5.74) is 0.603. The Bertz CT molecular complexity index is 647. The highest BCUT2D eigenvalue weighted by atomic mass is 19.1. The third-order valence-corrected chi connectivity index (χ3v) is 3.20. The predicted octanol–water partition coefficient (Wildman–Crippen LogP) is 3.38. The fourth-order valence-electron chi connectivity index (χ4n) is 1.89. The number of carbonyl (C=O) groups is 1. The van der Waals surface area contributed by atoms with Gasteiger partial charge < -0.3 is 19.7 Å². The second-order valence-corrected chi connectivity index (χ2v) is 4.85. The number of likely N-dealkylation sites (N-methyl/N-ethyl adjacent to an activating group) is 1. The van der Waals surface area contributed by atoms with Gasteiger partial charge in [0.2, 0.25) is 0 Å². The smallest absolute Gasteiger partial charge is 0.321 e. The molecule has 23 heavy (non-hydrogen) atoms. The van der Waals surface area contributed by atoms with Gasteiger partial charge in [0.15, 0.2) is 0 Å². The van der Waals surface area contributed by atoms with Gasteiger partial charge in [-0.1, -0.05) is 12.1 Å². The molecular weight excluding hydrogens is 299 g/mol. The van der Waals surface area contributed by atoms with E-state index in [0.717, 1.165) is 0 Å². The van der Waals surface area contributed by atoms with Gasteiger partial charge in [0.05, 0.1) is 19.3 Å². The Balaban J connectivity index is 1.81. The Morgan fingerprint density at radius 2 is 1.87 bits per heavy atom. The molecule has 0 aliphatic carbocycles. The van der Waals surface area contributed by atoms with Crippen molar-refractivity contribution in [2.75, 3.05) is 32.6 Å². The van der Waals surface area contributed by atoms with Crippen molar-refractivity contribution in [3.63, 3.8) is 0 Å². The minimum absolute atomic E-state index is 0.266. The number of nitrogens with zero attached hydrogens (tertiary/aromatic N) is 1. The molecule has 2 rings (SSSR count). The molecule has 1 N–H and O–H groups in total. The maximum atomic E-state index is 12.8. The van der Waals surface area contributed by atoms with Crippen LogP contribution in [0.1, 0.15) is 0 Å². The first-order valence-electron chi connectivity index (χ1n) is 7.13. The topological polar surface area (TPSA) is 50.8 Å². The number of nitrogens with one attached hydrogen (secondary N) is 1. The number of carbonyl (C=O) groups excluding carboxylic acids is 1. The van der Waals surface area contributed by atoms with Crippen LogP contribution in [0.25, 0.3) is 0 Å². The van der Waals surface area contributed by atoms with E-state index in [2.05, 4.69) is 5.32 Å². The molecule has 5 nitrogen and oxygen atoms in total. The first kappa shape index (κ1) is 16.6. The third kappa shape index (κ3) is 4.88. The van der Waals surface area contributed by atoms with E-state index in [1.165, 1.54) is 17.0 Å². The van der Waals surface area contributed by atoms with Crippen molar-refractivity contribution >= 4 is 11.7 Å². The summed E-state index contributed by atoms with van der Waals surface area (Å²) in [5.74, 6) is 0.840. The van der Waals surface area contributed by atoms with Gasteiger partial charge in [-0.2, -0.15) is 0 Å². The Morgan fingerprint density at radius 1 is 1.17 bits per heavy atom. The van der Waals surface area contributed by atoms with E-state index in [0.29, 0.717) is 30.3 Å². The molecule has 0 aromatic heterocycles. The standard InChI is InChI=1S/C17H19FN2O3/c1-20(11-12-23-14-9-7-13(18)8-10-14)17(21)19-15-5-3-4-6-16(15)22-2/h3-10H,11-12H2,1-2H3,(H,19,21). The fraction of sp³-hybridized carbons (Fsp3) is 0.235. The Morgan fingerprint density at radius 3 is 2.57 bits per heavy atom. The van der Waals surface area contributed by atoms with Gasteiger partial charge in [0, 0.05) is 7.05 Å². The molecular formula is C17H19FN2O3. The molecule has 0 saturated heterocycles. The average Bonchev–Trinajstić information content (AvgIpc) is 2.57. The largest absolute Gasteiger partial charge is 0.495 e. The Labute approximate surface area is 134 Å². The van der Waals surface area contributed by atoms with Gasteiger partial charge in [-0.3, -0.25) is 0 Å². The normalized spacial score (nSPS) is 10.0. The van der Waals surface area contributed by atoms with Gasteiger partial charge >= 0.3 is 6.03 Å². The number of ether oxygens (including phenoxy) is 2. The van der Waals surface area contributed by atoms with E-state index in [4.69, 9.17) is 9.47 Å². The molecule has 122 valence electrons. The molecule has 2 amide bonds. The number of urea groups is 1. The van der Waals surface area contributed by atoms with Gasteiger partial charge in [-0.15, -0.1) is 0 Å². The van der Waals surface area contributed by atoms with E-state index < -0.39 is 0 Å². The lowest BCUT2D eigenvalue weighted by Crippen LogP contribution is -2.34. The van der Waals surface area contributed by atoms with Crippen molar-refractivity contribution < 1.29 is 18.7 Å².